The van der Waals surface area contributed by atoms with Crippen LogP contribution in [0.4, 0.5) is 10.1 Å². The quantitative estimate of drug-likeness (QED) is 0.934. The van der Waals surface area contributed by atoms with E-state index in [1.165, 1.54) is 18.2 Å². The minimum absolute atomic E-state index is 0.212. The van der Waals surface area contributed by atoms with Crippen LogP contribution in [-0.4, -0.2) is 31.8 Å². The van der Waals surface area contributed by atoms with Crippen molar-refractivity contribution in [2.75, 3.05) is 25.1 Å². The molecule has 120 valence electrons. The van der Waals surface area contributed by atoms with E-state index in [0.29, 0.717) is 29.5 Å². The molecule has 0 saturated carbocycles. The number of hydrogen-bond donors (Lipinski definition) is 1. The Balaban J connectivity index is 1.86. The number of carbonyl (C=O) groups is 1. The fourth-order valence-electron chi connectivity index (χ4n) is 2.35. The van der Waals surface area contributed by atoms with Crippen LogP contribution in [0.25, 0.3) is 11.1 Å². The molecule has 1 amide bonds. The van der Waals surface area contributed by atoms with Crippen LogP contribution in [0.3, 0.4) is 0 Å². The topological polar surface area (TPSA) is 47.6 Å². The summed E-state index contributed by atoms with van der Waals surface area (Å²) in [6.45, 7) is 1.07. The number of anilines is 1. The van der Waals surface area contributed by atoms with E-state index in [2.05, 4.69) is 5.32 Å². The fourth-order valence-corrected chi connectivity index (χ4v) is 2.47. The van der Waals surface area contributed by atoms with Crippen LogP contribution < -0.4 is 5.32 Å². The molecule has 2 aromatic rings. The number of rotatable bonds is 3. The van der Waals surface area contributed by atoms with Crippen molar-refractivity contribution in [3.05, 3.63) is 53.3 Å². The van der Waals surface area contributed by atoms with Crippen molar-refractivity contribution in [2.24, 2.45) is 0 Å². The molecular formula is C17H15ClFNO3. The summed E-state index contributed by atoms with van der Waals surface area (Å²) in [6.07, 6.45) is -0.660. The Morgan fingerprint density at radius 1 is 1.17 bits per heavy atom. The van der Waals surface area contributed by atoms with Gasteiger partial charge in [-0.25, -0.2) is 4.39 Å². The molecule has 1 heterocycles. The number of nitrogens with one attached hydrogen (secondary N) is 1. The first-order chi connectivity index (χ1) is 11.1. The van der Waals surface area contributed by atoms with Crippen LogP contribution in [0.1, 0.15) is 0 Å². The monoisotopic (exact) mass is 335 g/mol. The van der Waals surface area contributed by atoms with Gasteiger partial charge in [0, 0.05) is 16.3 Å². The van der Waals surface area contributed by atoms with Crippen LogP contribution >= 0.6 is 11.6 Å². The van der Waals surface area contributed by atoms with Crippen LogP contribution in [0, 0.1) is 5.82 Å². The van der Waals surface area contributed by atoms with E-state index in [9.17, 15) is 9.18 Å². The molecule has 1 N–H and O–H groups in total. The van der Waals surface area contributed by atoms with Crippen molar-refractivity contribution >= 4 is 23.2 Å². The highest BCUT2D eigenvalue weighted by atomic mass is 35.5. The molecule has 0 bridgehead atoms. The smallest absolute Gasteiger partial charge is 0.255 e. The van der Waals surface area contributed by atoms with E-state index in [1.807, 2.05) is 0 Å². The molecule has 1 fully saturated rings. The van der Waals surface area contributed by atoms with Crippen molar-refractivity contribution in [2.45, 2.75) is 6.10 Å². The molecule has 2 aromatic carbocycles. The highest BCUT2D eigenvalue weighted by Crippen LogP contribution is 2.30. The van der Waals surface area contributed by atoms with E-state index in [1.54, 1.807) is 24.3 Å². The lowest BCUT2D eigenvalue weighted by molar-refractivity contribution is -0.142. The van der Waals surface area contributed by atoms with Gasteiger partial charge < -0.3 is 14.8 Å². The summed E-state index contributed by atoms with van der Waals surface area (Å²) in [7, 11) is 0. The Morgan fingerprint density at radius 3 is 2.65 bits per heavy atom. The molecule has 23 heavy (non-hydrogen) atoms. The van der Waals surface area contributed by atoms with Gasteiger partial charge in [-0.3, -0.25) is 4.79 Å². The number of carbonyl (C=O) groups excluding carboxylic acids is 1. The average Bonchev–Trinajstić information content (AvgIpc) is 2.58. The van der Waals surface area contributed by atoms with Crippen LogP contribution in [0.2, 0.25) is 5.02 Å². The molecule has 1 saturated heterocycles. The molecule has 4 nitrogen and oxygen atoms in total. The van der Waals surface area contributed by atoms with Gasteiger partial charge in [-0.2, -0.15) is 0 Å². The molecule has 6 heteroatoms. The molecule has 0 aromatic heterocycles. The summed E-state index contributed by atoms with van der Waals surface area (Å²) in [5, 5.41) is 3.36. The zero-order valence-electron chi connectivity index (χ0n) is 12.2. The first kappa shape index (κ1) is 15.9. The third-order valence-electron chi connectivity index (χ3n) is 3.50. The Morgan fingerprint density at radius 2 is 1.96 bits per heavy atom. The van der Waals surface area contributed by atoms with Crippen molar-refractivity contribution in [1.29, 1.82) is 0 Å². The van der Waals surface area contributed by atoms with Gasteiger partial charge in [0.1, 0.15) is 5.82 Å². The molecule has 0 radical (unpaired) electrons. The number of halogens is 2. The van der Waals surface area contributed by atoms with Gasteiger partial charge in [0.15, 0.2) is 6.10 Å². The molecule has 0 spiro atoms. The SMILES string of the molecule is O=C(Nc1ccc(F)cc1-c1ccc(Cl)cc1)C1COCCO1. The lowest BCUT2D eigenvalue weighted by Crippen LogP contribution is -2.39. The Hall–Kier alpha value is -1.95. The maximum atomic E-state index is 13.6. The van der Waals surface area contributed by atoms with E-state index in [0.717, 1.165) is 5.56 Å². The maximum absolute atomic E-state index is 13.6. The number of ether oxygens (including phenoxy) is 2. The average molecular weight is 336 g/mol. The van der Waals surface area contributed by atoms with Crippen LogP contribution in [0.5, 0.6) is 0 Å². The molecule has 0 aliphatic carbocycles. The number of amides is 1. The maximum Gasteiger partial charge on any atom is 0.255 e. The third kappa shape index (κ3) is 3.88. The van der Waals surface area contributed by atoms with Crippen molar-refractivity contribution in [3.63, 3.8) is 0 Å². The fraction of sp³-hybridized carbons (Fsp3) is 0.235. The molecule has 1 atom stereocenters. The highest BCUT2D eigenvalue weighted by Gasteiger charge is 2.23. The van der Waals surface area contributed by atoms with Gasteiger partial charge in [0.2, 0.25) is 0 Å². The number of hydrogen-bond acceptors (Lipinski definition) is 3. The van der Waals surface area contributed by atoms with Gasteiger partial charge in [-0.05, 0) is 35.9 Å². The van der Waals surface area contributed by atoms with Crippen molar-refractivity contribution in [1.82, 2.24) is 0 Å². The van der Waals surface area contributed by atoms with Gasteiger partial charge in [-0.15, -0.1) is 0 Å². The molecular weight excluding hydrogens is 321 g/mol. The van der Waals surface area contributed by atoms with Gasteiger partial charge in [0.25, 0.3) is 5.91 Å². The van der Waals surface area contributed by atoms with Gasteiger partial charge in [0.05, 0.1) is 19.8 Å². The summed E-state index contributed by atoms with van der Waals surface area (Å²) in [6, 6.07) is 11.2. The van der Waals surface area contributed by atoms with Crippen molar-refractivity contribution < 1.29 is 18.7 Å². The lowest BCUT2D eigenvalue weighted by atomic mass is 10.0. The lowest BCUT2D eigenvalue weighted by Gasteiger charge is -2.22. The first-order valence-electron chi connectivity index (χ1n) is 7.19. The molecule has 1 unspecified atom stereocenters. The Labute approximate surface area is 138 Å². The van der Waals surface area contributed by atoms with E-state index in [4.69, 9.17) is 21.1 Å². The predicted octanol–water partition coefficient (Wildman–Crippen LogP) is 3.50. The summed E-state index contributed by atoms with van der Waals surface area (Å²) < 4.78 is 24.2. The normalized spacial score (nSPS) is 17.7. The minimum Gasteiger partial charge on any atom is -0.376 e. The third-order valence-corrected chi connectivity index (χ3v) is 3.76. The summed E-state index contributed by atoms with van der Waals surface area (Å²) in [4.78, 5) is 12.3. The summed E-state index contributed by atoms with van der Waals surface area (Å²) >= 11 is 5.88. The molecule has 3 rings (SSSR count). The second-order valence-corrected chi connectivity index (χ2v) is 5.56. The molecule has 1 aliphatic rings. The van der Waals surface area contributed by atoms with Crippen LogP contribution in [0.15, 0.2) is 42.5 Å². The second-order valence-electron chi connectivity index (χ2n) is 5.12. The number of benzene rings is 2. The Bertz CT molecular complexity index is 699. The van der Waals surface area contributed by atoms with Crippen LogP contribution in [-0.2, 0) is 14.3 Å². The largest absolute Gasteiger partial charge is 0.376 e. The van der Waals surface area contributed by atoms with Gasteiger partial charge >= 0.3 is 0 Å². The first-order valence-corrected chi connectivity index (χ1v) is 7.57. The minimum atomic E-state index is -0.660. The van der Waals surface area contributed by atoms with E-state index < -0.39 is 6.10 Å². The zero-order chi connectivity index (χ0) is 16.2. The summed E-state index contributed by atoms with van der Waals surface area (Å²) in [5.74, 6) is -0.697. The van der Waals surface area contributed by atoms with Gasteiger partial charge in [-0.1, -0.05) is 23.7 Å². The standard InChI is InChI=1S/C17H15ClFNO3/c18-12-3-1-11(2-4-12)14-9-13(19)5-6-15(14)20-17(21)16-10-22-7-8-23-16/h1-6,9,16H,7-8,10H2,(H,20,21). The zero-order valence-corrected chi connectivity index (χ0v) is 13.0. The highest BCUT2D eigenvalue weighted by molar-refractivity contribution is 6.30. The van der Waals surface area contributed by atoms with E-state index in [-0.39, 0.29) is 18.3 Å². The molecule has 1 aliphatic heterocycles. The predicted molar refractivity (Wildman–Crippen MR) is 86.0 cm³/mol. The summed E-state index contributed by atoms with van der Waals surface area (Å²) in [5.41, 5.74) is 1.84. The van der Waals surface area contributed by atoms with Crippen molar-refractivity contribution in [3.8, 4) is 11.1 Å². The Kier molecular flexibility index (Phi) is 4.91. The second kappa shape index (κ2) is 7.08. The van der Waals surface area contributed by atoms with E-state index >= 15 is 0 Å².